The third-order valence-electron chi connectivity index (χ3n) is 2.46. The Morgan fingerprint density at radius 3 is 2.52 bits per heavy atom. The molecule has 0 spiro atoms. The molecule has 0 unspecified atom stereocenters. The molecule has 0 saturated carbocycles. The van der Waals surface area contributed by atoms with Crippen LogP contribution in [0.2, 0.25) is 0 Å². The lowest BCUT2D eigenvalue weighted by atomic mass is 10.3. The monoisotopic (exact) mass is 336 g/mol. The van der Waals surface area contributed by atoms with E-state index in [1.165, 1.54) is 25.3 Å². The standard InChI is InChI=1S/C11H16N2O6S2/c1-19-11(14)6-3-7-20(15,16)13-9-4-2-5-10(8-9)21(12,17)18/h2,4-5,8,13H,3,6-7H2,1H3,(H2,12,17,18). The summed E-state index contributed by atoms with van der Waals surface area (Å²) in [6, 6.07) is 5.14. The second-order valence-electron chi connectivity index (χ2n) is 4.17. The summed E-state index contributed by atoms with van der Waals surface area (Å²) in [5, 5.41) is 4.96. The van der Waals surface area contributed by atoms with E-state index in [0.717, 1.165) is 6.07 Å². The Balaban J connectivity index is 2.74. The van der Waals surface area contributed by atoms with Crippen LogP contribution >= 0.6 is 0 Å². The van der Waals surface area contributed by atoms with Crippen molar-refractivity contribution in [1.29, 1.82) is 0 Å². The first-order chi connectivity index (χ1) is 9.64. The highest BCUT2D eigenvalue weighted by atomic mass is 32.2. The lowest BCUT2D eigenvalue weighted by molar-refractivity contribution is -0.140. The van der Waals surface area contributed by atoms with Gasteiger partial charge in [0.2, 0.25) is 20.0 Å². The van der Waals surface area contributed by atoms with Gasteiger partial charge in [0, 0.05) is 12.1 Å². The van der Waals surface area contributed by atoms with Gasteiger partial charge < -0.3 is 4.74 Å². The molecule has 0 radical (unpaired) electrons. The molecular formula is C11H16N2O6S2. The lowest BCUT2D eigenvalue weighted by Gasteiger charge is -2.08. The zero-order valence-electron chi connectivity index (χ0n) is 11.3. The zero-order valence-corrected chi connectivity index (χ0v) is 12.9. The lowest BCUT2D eigenvalue weighted by Crippen LogP contribution is -2.18. The Labute approximate surface area is 123 Å². The van der Waals surface area contributed by atoms with E-state index in [1.54, 1.807) is 0 Å². The summed E-state index contributed by atoms with van der Waals surface area (Å²) in [6.07, 6.45) is 0.0749. The van der Waals surface area contributed by atoms with Crippen LogP contribution in [0.25, 0.3) is 0 Å². The minimum atomic E-state index is -3.91. The number of benzene rings is 1. The van der Waals surface area contributed by atoms with Gasteiger partial charge in [-0.2, -0.15) is 0 Å². The van der Waals surface area contributed by atoms with Gasteiger partial charge in [0.05, 0.1) is 17.8 Å². The van der Waals surface area contributed by atoms with Crippen molar-refractivity contribution in [3.05, 3.63) is 24.3 Å². The number of primary sulfonamides is 1. The van der Waals surface area contributed by atoms with Gasteiger partial charge in [-0.05, 0) is 24.6 Å². The van der Waals surface area contributed by atoms with Gasteiger partial charge in [0.25, 0.3) is 0 Å². The summed E-state index contributed by atoms with van der Waals surface area (Å²) >= 11 is 0. The molecule has 0 atom stereocenters. The van der Waals surface area contributed by atoms with Crippen LogP contribution in [0.3, 0.4) is 0 Å². The largest absolute Gasteiger partial charge is 0.469 e. The first-order valence-electron chi connectivity index (χ1n) is 5.84. The molecule has 1 rings (SSSR count). The molecule has 21 heavy (non-hydrogen) atoms. The summed E-state index contributed by atoms with van der Waals surface area (Å²) in [6.45, 7) is 0. The van der Waals surface area contributed by atoms with E-state index in [-0.39, 0.29) is 29.2 Å². The average molecular weight is 336 g/mol. The summed E-state index contributed by atoms with van der Waals surface area (Å²) in [7, 11) is -6.39. The number of rotatable bonds is 7. The number of anilines is 1. The molecule has 118 valence electrons. The highest BCUT2D eigenvalue weighted by Crippen LogP contribution is 2.15. The smallest absolute Gasteiger partial charge is 0.305 e. The molecule has 0 bridgehead atoms. The third-order valence-corrected chi connectivity index (χ3v) is 4.74. The van der Waals surface area contributed by atoms with E-state index in [4.69, 9.17) is 5.14 Å². The maximum atomic E-state index is 11.8. The van der Waals surface area contributed by atoms with Crippen LogP contribution in [0, 0.1) is 0 Å². The van der Waals surface area contributed by atoms with Crippen molar-refractivity contribution in [2.24, 2.45) is 5.14 Å². The number of hydrogen-bond acceptors (Lipinski definition) is 6. The van der Waals surface area contributed by atoms with E-state index in [0.29, 0.717) is 0 Å². The van der Waals surface area contributed by atoms with Gasteiger partial charge in [-0.25, -0.2) is 22.0 Å². The van der Waals surface area contributed by atoms with Crippen molar-refractivity contribution in [2.75, 3.05) is 17.6 Å². The van der Waals surface area contributed by atoms with Crippen LogP contribution < -0.4 is 9.86 Å². The predicted octanol–water partition coefficient (Wildman–Crippen LogP) is 0.0289. The fourth-order valence-corrected chi connectivity index (χ4v) is 3.15. The van der Waals surface area contributed by atoms with Crippen molar-refractivity contribution >= 4 is 31.7 Å². The van der Waals surface area contributed by atoms with E-state index in [9.17, 15) is 21.6 Å². The minimum Gasteiger partial charge on any atom is -0.469 e. The molecule has 0 saturated heterocycles. The van der Waals surface area contributed by atoms with Gasteiger partial charge in [0.15, 0.2) is 0 Å². The quantitative estimate of drug-likeness (QED) is 0.675. The SMILES string of the molecule is COC(=O)CCCS(=O)(=O)Nc1cccc(S(N)(=O)=O)c1. The first-order valence-corrected chi connectivity index (χ1v) is 9.04. The Hall–Kier alpha value is -1.65. The average Bonchev–Trinajstić information content (AvgIpc) is 2.37. The number of methoxy groups -OCH3 is 1. The maximum absolute atomic E-state index is 11.8. The highest BCUT2D eigenvalue weighted by Gasteiger charge is 2.14. The van der Waals surface area contributed by atoms with Gasteiger partial charge in [-0.3, -0.25) is 9.52 Å². The fraction of sp³-hybridized carbons (Fsp3) is 0.364. The second kappa shape index (κ2) is 6.87. The van der Waals surface area contributed by atoms with Crippen LogP contribution in [0.1, 0.15) is 12.8 Å². The molecule has 10 heteroatoms. The fourth-order valence-electron chi connectivity index (χ4n) is 1.48. The number of nitrogens with one attached hydrogen (secondary N) is 1. The minimum absolute atomic E-state index is 0.0192. The van der Waals surface area contributed by atoms with Crippen molar-refractivity contribution in [1.82, 2.24) is 0 Å². The van der Waals surface area contributed by atoms with Crippen LogP contribution in [0.4, 0.5) is 5.69 Å². The number of esters is 1. The normalized spacial score (nSPS) is 11.9. The Morgan fingerprint density at radius 2 is 1.95 bits per heavy atom. The van der Waals surface area contributed by atoms with Gasteiger partial charge >= 0.3 is 5.97 Å². The molecule has 0 aromatic heterocycles. The number of nitrogens with two attached hydrogens (primary N) is 1. The Morgan fingerprint density at radius 1 is 1.29 bits per heavy atom. The second-order valence-corrected chi connectivity index (χ2v) is 7.58. The van der Waals surface area contributed by atoms with E-state index >= 15 is 0 Å². The molecule has 1 aromatic rings. The summed E-state index contributed by atoms with van der Waals surface area (Å²) in [4.78, 5) is 10.7. The Bertz CT molecular complexity index is 712. The molecule has 0 heterocycles. The third kappa shape index (κ3) is 6.10. The highest BCUT2D eigenvalue weighted by molar-refractivity contribution is 7.92. The predicted molar refractivity (Wildman–Crippen MR) is 76.5 cm³/mol. The van der Waals surface area contributed by atoms with E-state index in [1.807, 2.05) is 0 Å². The van der Waals surface area contributed by atoms with E-state index < -0.39 is 26.0 Å². The topological polar surface area (TPSA) is 133 Å². The molecule has 0 aliphatic heterocycles. The summed E-state index contributed by atoms with van der Waals surface area (Å²) in [5.74, 6) is -0.789. The van der Waals surface area contributed by atoms with Crippen LogP contribution in [0.15, 0.2) is 29.2 Å². The molecule has 0 aliphatic rings. The molecule has 8 nitrogen and oxygen atoms in total. The van der Waals surface area contributed by atoms with Crippen molar-refractivity contribution < 1.29 is 26.4 Å². The number of carbonyl (C=O) groups is 1. The molecular weight excluding hydrogens is 320 g/mol. The number of sulfonamides is 2. The van der Waals surface area contributed by atoms with Crippen molar-refractivity contribution in [3.63, 3.8) is 0 Å². The van der Waals surface area contributed by atoms with Crippen molar-refractivity contribution in [3.8, 4) is 0 Å². The number of hydrogen-bond donors (Lipinski definition) is 2. The van der Waals surface area contributed by atoms with Gasteiger partial charge in [-0.15, -0.1) is 0 Å². The van der Waals surface area contributed by atoms with Crippen molar-refractivity contribution in [2.45, 2.75) is 17.7 Å². The maximum Gasteiger partial charge on any atom is 0.305 e. The van der Waals surface area contributed by atoms with Crippen LogP contribution in [-0.4, -0.2) is 35.7 Å². The summed E-state index contributed by atoms with van der Waals surface area (Å²) < 4.78 is 52.6. The van der Waals surface area contributed by atoms with Crippen LogP contribution in [0.5, 0.6) is 0 Å². The molecule has 1 aromatic carbocycles. The van der Waals surface area contributed by atoms with Gasteiger partial charge in [0.1, 0.15) is 0 Å². The summed E-state index contributed by atoms with van der Waals surface area (Å²) in [5.41, 5.74) is 0.0830. The van der Waals surface area contributed by atoms with Crippen LogP contribution in [-0.2, 0) is 29.6 Å². The molecule has 0 aliphatic carbocycles. The van der Waals surface area contributed by atoms with E-state index in [2.05, 4.69) is 9.46 Å². The Kier molecular flexibility index (Phi) is 5.70. The van der Waals surface area contributed by atoms with Gasteiger partial charge in [-0.1, -0.05) is 6.07 Å². The molecule has 0 fully saturated rings. The number of carbonyl (C=O) groups excluding carboxylic acids is 1. The number of ether oxygens (including phenoxy) is 1. The first kappa shape index (κ1) is 17.4. The molecule has 0 amide bonds. The molecule has 3 N–H and O–H groups in total. The zero-order chi connectivity index (χ0) is 16.1.